The third kappa shape index (κ3) is 4.82. The molecule has 0 aromatic heterocycles. The molecule has 0 N–H and O–H groups in total. The van der Waals surface area contributed by atoms with E-state index in [-0.39, 0.29) is 12.1 Å². The first-order valence-corrected chi connectivity index (χ1v) is 11.5. The molecule has 1 aromatic rings. The minimum Gasteiger partial charge on any atom is -0.373 e. The topological polar surface area (TPSA) is 27.7 Å². The van der Waals surface area contributed by atoms with Crippen LogP contribution in [-0.2, 0) is 19.2 Å². The quantitative estimate of drug-likeness (QED) is 0.191. The maximum absolute atomic E-state index is 14.4. The number of benzene rings is 1. The van der Waals surface area contributed by atoms with E-state index in [2.05, 4.69) is 0 Å². The van der Waals surface area contributed by atoms with Crippen molar-refractivity contribution >= 4 is 14.0 Å². The van der Waals surface area contributed by atoms with Crippen molar-refractivity contribution in [2.75, 3.05) is 21.3 Å². The van der Waals surface area contributed by atoms with E-state index in [0.717, 1.165) is 21.3 Å². The lowest BCUT2D eigenvalue weighted by molar-refractivity contribution is -0.473. The van der Waals surface area contributed by atoms with E-state index in [0.29, 0.717) is 12.1 Å². The fourth-order valence-electron chi connectivity index (χ4n) is 3.19. The standard InChI is InChI=1S/C18H13F19O3Si/c1-38-41(39-2,40-3)9-6-4-8(5-7-9)10(19,20)12(22,23)14(26,27)16(30,31)15(28,29)13(24,25)11(21,17(32,33)34)18(35,36)37/h4-7H,1-3H3. The third-order valence-corrected chi connectivity index (χ3v) is 8.25. The summed E-state index contributed by atoms with van der Waals surface area (Å²) in [7, 11) is -1.24. The second-order valence-corrected chi connectivity index (χ2v) is 10.8. The first kappa shape index (κ1) is 37.0. The van der Waals surface area contributed by atoms with Gasteiger partial charge in [0.1, 0.15) is 0 Å². The normalized spacial score (nSPS) is 15.9. The molecule has 0 amide bonds. The molecule has 0 heterocycles. The van der Waals surface area contributed by atoms with Gasteiger partial charge in [0.2, 0.25) is 0 Å². The monoisotopic (exact) mass is 666 g/mol. The SMILES string of the molecule is CO[Si](OC)(OC)c1ccc(C(F)(F)C(F)(F)C(F)(F)C(F)(F)C(F)(F)C(F)(F)C(F)(C(F)(F)F)C(F)(F)F)cc1. The molecular formula is C18H13F19O3Si. The van der Waals surface area contributed by atoms with Gasteiger partial charge >= 0.3 is 62.4 Å². The van der Waals surface area contributed by atoms with Gasteiger partial charge in [-0.2, -0.15) is 79.0 Å². The Morgan fingerprint density at radius 1 is 0.439 bits per heavy atom. The van der Waals surface area contributed by atoms with Gasteiger partial charge in [-0.15, -0.1) is 0 Å². The molecule has 0 atom stereocenters. The van der Waals surface area contributed by atoms with Crippen molar-refractivity contribution in [1.82, 2.24) is 0 Å². The van der Waals surface area contributed by atoms with Crippen LogP contribution in [0.2, 0.25) is 0 Å². The first-order chi connectivity index (χ1) is 17.9. The highest BCUT2D eigenvalue weighted by Crippen LogP contribution is 2.66. The van der Waals surface area contributed by atoms with Crippen molar-refractivity contribution in [3.8, 4) is 0 Å². The fourth-order valence-corrected chi connectivity index (χ4v) is 4.97. The van der Waals surface area contributed by atoms with Crippen LogP contribution >= 0.6 is 0 Å². The molecule has 0 saturated heterocycles. The summed E-state index contributed by atoms with van der Waals surface area (Å²) in [6.07, 6.45) is -16.6. The number of alkyl halides is 19. The molecule has 0 unspecified atom stereocenters. The molecular weight excluding hydrogens is 653 g/mol. The molecule has 0 bridgehead atoms. The molecule has 1 aromatic carbocycles. The van der Waals surface area contributed by atoms with E-state index in [1.54, 1.807) is 0 Å². The summed E-state index contributed by atoms with van der Waals surface area (Å²) in [6, 6.07) is 0.155. The van der Waals surface area contributed by atoms with Crippen LogP contribution in [0.15, 0.2) is 24.3 Å². The van der Waals surface area contributed by atoms with Crippen molar-refractivity contribution in [1.29, 1.82) is 0 Å². The summed E-state index contributed by atoms with van der Waals surface area (Å²) < 4.78 is 272. The summed E-state index contributed by atoms with van der Waals surface area (Å²) >= 11 is 0. The van der Waals surface area contributed by atoms with Gasteiger partial charge in [0.25, 0.3) is 0 Å². The zero-order chi connectivity index (χ0) is 33.1. The Kier molecular flexibility index (Phi) is 9.31. The lowest BCUT2D eigenvalue weighted by Crippen LogP contribution is -2.77. The van der Waals surface area contributed by atoms with Crippen LogP contribution in [-0.4, -0.2) is 77.8 Å². The Labute approximate surface area is 216 Å². The lowest BCUT2D eigenvalue weighted by atomic mass is 9.83. The zero-order valence-corrected chi connectivity index (χ0v) is 20.7. The van der Waals surface area contributed by atoms with Gasteiger partial charge in [-0.05, 0) is 0 Å². The number of halogens is 19. The molecule has 3 nitrogen and oxygen atoms in total. The van der Waals surface area contributed by atoms with E-state index >= 15 is 0 Å². The van der Waals surface area contributed by atoms with Crippen molar-refractivity contribution < 1.29 is 96.7 Å². The highest BCUT2D eigenvalue weighted by atomic mass is 28.4. The Balaban J connectivity index is 3.82. The predicted molar refractivity (Wildman–Crippen MR) is 97.4 cm³/mol. The Morgan fingerprint density at radius 2 is 0.732 bits per heavy atom. The van der Waals surface area contributed by atoms with Gasteiger partial charge in [0.05, 0.1) is 0 Å². The average molecular weight is 666 g/mol. The number of rotatable bonds is 11. The van der Waals surface area contributed by atoms with Crippen LogP contribution in [0.4, 0.5) is 83.4 Å². The molecule has 41 heavy (non-hydrogen) atoms. The summed E-state index contributed by atoms with van der Waals surface area (Å²) in [6.45, 7) is 0. The number of hydrogen-bond acceptors (Lipinski definition) is 3. The average Bonchev–Trinajstić information content (AvgIpc) is 2.83. The summed E-state index contributed by atoms with van der Waals surface area (Å²) in [5.41, 5.74) is -11.2. The van der Waals surface area contributed by atoms with Crippen LogP contribution in [0.3, 0.4) is 0 Å². The molecule has 0 aliphatic rings. The van der Waals surface area contributed by atoms with Crippen LogP contribution in [0, 0.1) is 0 Å². The molecule has 0 radical (unpaired) electrons. The van der Waals surface area contributed by atoms with Gasteiger partial charge in [-0.1, -0.05) is 24.3 Å². The van der Waals surface area contributed by atoms with Gasteiger partial charge in [0.15, 0.2) is 0 Å². The molecule has 23 heteroatoms. The Bertz CT molecular complexity index is 1040. The van der Waals surface area contributed by atoms with E-state index in [1.165, 1.54) is 0 Å². The fraction of sp³-hybridized carbons (Fsp3) is 0.667. The van der Waals surface area contributed by atoms with E-state index in [4.69, 9.17) is 13.3 Å². The second-order valence-electron chi connectivity index (χ2n) is 7.85. The van der Waals surface area contributed by atoms with Gasteiger partial charge in [0, 0.05) is 32.1 Å². The number of hydrogen-bond donors (Lipinski definition) is 0. The van der Waals surface area contributed by atoms with Crippen molar-refractivity contribution in [2.45, 2.75) is 53.6 Å². The highest BCUT2D eigenvalue weighted by Gasteiger charge is 2.98. The van der Waals surface area contributed by atoms with E-state index < -0.39 is 73.1 Å². The van der Waals surface area contributed by atoms with Gasteiger partial charge in [-0.25, -0.2) is 4.39 Å². The summed E-state index contributed by atoms with van der Waals surface area (Å²) in [4.78, 5) is 0. The molecule has 240 valence electrons. The predicted octanol–water partition coefficient (Wildman–Crippen LogP) is 6.87. The van der Waals surface area contributed by atoms with Crippen molar-refractivity contribution in [3.05, 3.63) is 29.8 Å². The molecule has 0 aliphatic heterocycles. The van der Waals surface area contributed by atoms with Gasteiger partial charge < -0.3 is 13.3 Å². The van der Waals surface area contributed by atoms with E-state index in [1.807, 2.05) is 0 Å². The van der Waals surface area contributed by atoms with Crippen LogP contribution < -0.4 is 5.19 Å². The molecule has 1 rings (SSSR count). The Hall–Kier alpha value is -2.01. The van der Waals surface area contributed by atoms with Gasteiger partial charge in [-0.3, -0.25) is 0 Å². The van der Waals surface area contributed by atoms with Crippen LogP contribution in [0.25, 0.3) is 0 Å². The van der Waals surface area contributed by atoms with Crippen LogP contribution in [0.5, 0.6) is 0 Å². The second kappa shape index (κ2) is 10.3. The minimum absolute atomic E-state index is 0.247. The highest BCUT2D eigenvalue weighted by molar-refractivity contribution is 6.75. The van der Waals surface area contributed by atoms with Crippen molar-refractivity contribution in [3.63, 3.8) is 0 Å². The first-order valence-electron chi connectivity index (χ1n) is 9.75. The maximum atomic E-state index is 14.4. The smallest absolute Gasteiger partial charge is 0.373 e. The largest absolute Gasteiger partial charge is 0.536 e. The summed E-state index contributed by atoms with van der Waals surface area (Å²) in [5.74, 6) is -50.4. The Morgan fingerprint density at radius 3 is 1.02 bits per heavy atom. The maximum Gasteiger partial charge on any atom is 0.536 e. The minimum atomic E-state index is -9.06. The molecule has 0 saturated carbocycles. The van der Waals surface area contributed by atoms with Crippen LogP contribution in [0.1, 0.15) is 5.56 Å². The van der Waals surface area contributed by atoms with Crippen molar-refractivity contribution in [2.24, 2.45) is 0 Å². The lowest BCUT2D eigenvalue weighted by Gasteiger charge is -2.45. The molecule has 0 fully saturated rings. The molecule has 0 spiro atoms. The summed E-state index contributed by atoms with van der Waals surface area (Å²) in [5, 5.41) is -0.408. The molecule has 0 aliphatic carbocycles. The zero-order valence-electron chi connectivity index (χ0n) is 19.7. The van der Waals surface area contributed by atoms with E-state index in [9.17, 15) is 83.4 Å². The third-order valence-electron chi connectivity index (χ3n) is 5.59.